The molecule has 104 valence electrons. The lowest BCUT2D eigenvalue weighted by Crippen LogP contribution is -2.26. The van der Waals surface area contributed by atoms with E-state index in [9.17, 15) is 4.79 Å². The summed E-state index contributed by atoms with van der Waals surface area (Å²) in [7, 11) is 0. The largest absolute Gasteiger partial charge is 0.330 e. The number of rotatable bonds is 4. The molecular formula is C16H24N2O. The van der Waals surface area contributed by atoms with E-state index in [-0.39, 0.29) is 11.8 Å². The van der Waals surface area contributed by atoms with Gasteiger partial charge in [0, 0.05) is 11.6 Å². The Bertz CT molecular complexity index is 405. The molecule has 3 N–H and O–H groups in total. The Kier molecular flexibility index (Phi) is 4.97. The van der Waals surface area contributed by atoms with Crippen LogP contribution in [0.15, 0.2) is 24.3 Å². The Balaban J connectivity index is 1.88. The first kappa shape index (κ1) is 14.1. The van der Waals surface area contributed by atoms with Crippen LogP contribution >= 0.6 is 0 Å². The summed E-state index contributed by atoms with van der Waals surface area (Å²) in [6.45, 7) is 2.93. The molecule has 19 heavy (non-hydrogen) atoms. The van der Waals surface area contributed by atoms with Gasteiger partial charge in [0.1, 0.15) is 0 Å². The van der Waals surface area contributed by atoms with Crippen LogP contribution in [0.1, 0.15) is 38.2 Å². The third-order valence-electron chi connectivity index (χ3n) is 4.04. The smallest absolute Gasteiger partial charge is 0.227 e. The summed E-state index contributed by atoms with van der Waals surface area (Å²) in [5.41, 5.74) is 7.63. The van der Waals surface area contributed by atoms with Crippen molar-refractivity contribution in [1.82, 2.24) is 0 Å². The first-order chi connectivity index (χ1) is 9.19. The number of nitrogens with one attached hydrogen (secondary N) is 1. The Morgan fingerprint density at radius 1 is 1.21 bits per heavy atom. The van der Waals surface area contributed by atoms with E-state index in [4.69, 9.17) is 5.73 Å². The van der Waals surface area contributed by atoms with Crippen molar-refractivity contribution in [3.63, 3.8) is 0 Å². The molecule has 3 nitrogen and oxygen atoms in total. The summed E-state index contributed by atoms with van der Waals surface area (Å²) in [6, 6.07) is 8.00. The summed E-state index contributed by atoms with van der Waals surface area (Å²) < 4.78 is 0. The first-order valence-electron chi connectivity index (χ1n) is 7.29. The number of carbonyl (C=O) groups excluding carboxylic acids is 1. The molecule has 0 bridgehead atoms. The van der Waals surface area contributed by atoms with E-state index in [1.54, 1.807) is 0 Å². The standard InChI is InChI=1S/C16H24N2O/c1-12-2-6-14(7-3-12)16(19)18-15-8-4-13(5-9-15)10-11-17/h4-5,8-9,12,14H,2-3,6-7,10-11,17H2,1H3,(H,18,19). The average molecular weight is 260 g/mol. The van der Waals surface area contributed by atoms with Crippen LogP contribution in [0.4, 0.5) is 5.69 Å². The number of anilines is 1. The lowest BCUT2D eigenvalue weighted by molar-refractivity contribution is -0.121. The molecule has 3 heteroatoms. The lowest BCUT2D eigenvalue weighted by atomic mass is 9.82. The van der Waals surface area contributed by atoms with Crippen molar-refractivity contribution in [3.05, 3.63) is 29.8 Å². The second-order valence-electron chi connectivity index (χ2n) is 5.68. The molecule has 0 unspecified atom stereocenters. The molecule has 1 amide bonds. The van der Waals surface area contributed by atoms with Gasteiger partial charge in [-0.2, -0.15) is 0 Å². The molecule has 0 spiro atoms. The van der Waals surface area contributed by atoms with Crippen molar-refractivity contribution in [3.8, 4) is 0 Å². The molecule has 1 aliphatic rings. The van der Waals surface area contributed by atoms with E-state index < -0.39 is 0 Å². The molecule has 0 aromatic heterocycles. The molecule has 1 saturated carbocycles. The Labute approximate surface area is 115 Å². The highest BCUT2D eigenvalue weighted by molar-refractivity contribution is 5.92. The molecule has 1 aromatic carbocycles. The third-order valence-corrected chi connectivity index (χ3v) is 4.04. The van der Waals surface area contributed by atoms with E-state index in [1.165, 1.54) is 18.4 Å². The Morgan fingerprint density at radius 3 is 2.42 bits per heavy atom. The number of benzene rings is 1. The van der Waals surface area contributed by atoms with Gasteiger partial charge in [0.05, 0.1) is 0 Å². The average Bonchev–Trinajstić information content (AvgIpc) is 2.42. The van der Waals surface area contributed by atoms with Crippen molar-refractivity contribution < 1.29 is 4.79 Å². The number of carbonyl (C=O) groups is 1. The zero-order valence-electron chi connectivity index (χ0n) is 11.7. The maximum Gasteiger partial charge on any atom is 0.227 e. The van der Waals surface area contributed by atoms with Gasteiger partial charge in [0.2, 0.25) is 5.91 Å². The van der Waals surface area contributed by atoms with Crippen LogP contribution in [0, 0.1) is 11.8 Å². The molecule has 1 fully saturated rings. The predicted octanol–water partition coefficient (Wildman–Crippen LogP) is 2.95. The van der Waals surface area contributed by atoms with Gasteiger partial charge in [-0.25, -0.2) is 0 Å². The number of hydrogen-bond acceptors (Lipinski definition) is 2. The number of amides is 1. The van der Waals surface area contributed by atoms with E-state index in [0.29, 0.717) is 6.54 Å². The van der Waals surface area contributed by atoms with Crippen molar-refractivity contribution in [2.24, 2.45) is 17.6 Å². The SMILES string of the molecule is CC1CCC(C(=O)Nc2ccc(CCN)cc2)CC1. The zero-order valence-corrected chi connectivity index (χ0v) is 11.7. The van der Waals surface area contributed by atoms with Crippen LogP contribution in [-0.2, 0) is 11.2 Å². The first-order valence-corrected chi connectivity index (χ1v) is 7.29. The van der Waals surface area contributed by atoms with Gasteiger partial charge in [-0.15, -0.1) is 0 Å². The van der Waals surface area contributed by atoms with Crippen molar-refractivity contribution in [1.29, 1.82) is 0 Å². The predicted molar refractivity (Wildman–Crippen MR) is 79.0 cm³/mol. The van der Waals surface area contributed by atoms with Gasteiger partial charge in [0.15, 0.2) is 0 Å². The summed E-state index contributed by atoms with van der Waals surface area (Å²) in [5, 5.41) is 3.03. The molecule has 0 atom stereocenters. The Hall–Kier alpha value is -1.35. The quantitative estimate of drug-likeness (QED) is 0.874. The van der Waals surface area contributed by atoms with Gasteiger partial charge in [0.25, 0.3) is 0 Å². The van der Waals surface area contributed by atoms with Crippen LogP contribution < -0.4 is 11.1 Å². The van der Waals surface area contributed by atoms with E-state index in [1.807, 2.05) is 24.3 Å². The van der Waals surface area contributed by atoms with Crippen LogP contribution in [0.2, 0.25) is 0 Å². The second-order valence-corrected chi connectivity index (χ2v) is 5.68. The summed E-state index contributed by atoms with van der Waals surface area (Å²) in [6.07, 6.45) is 5.28. The molecule has 1 aliphatic carbocycles. The molecule has 2 rings (SSSR count). The molecule has 0 heterocycles. The maximum absolute atomic E-state index is 12.2. The van der Waals surface area contributed by atoms with E-state index in [0.717, 1.165) is 30.9 Å². The van der Waals surface area contributed by atoms with Crippen LogP contribution in [-0.4, -0.2) is 12.5 Å². The van der Waals surface area contributed by atoms with Crippen molar-refractivity contribution >= 4 is 11.6 Å². The normalized spacial score (nSPS) is 23.1. The van der Waals surface area contributed by atoms with Gasteiger partial charge in [-0.05, 0) is 62.3 Å². The van der Waals surface area contributed by atoms with Crippen LogP contribution in [0.25, 0.3) is 0 Å². The topological polar surface area (TPSA) is 55.1 Å². The van der Waals surface area contributed by atoms with E-state index in [2.05, 4.69) is 12.2 Å². The minimum Gasteiger partial charge on any atom is -0.330 e. The fourth-order valence-electron chi connectivity index (χ4n) is 2.69. The Morgan fingerprint density at radius 2 is 1.84 bits per heavy atom. The molecule has 0 saturated heterocycles. The maximum atomic E-state index is 12.2. The summed E-state index contributed by atoms with van der Waals surface area (Å²) in [5.74, 6) is 1.15. The second kappa shape index (κ2) is 6.71. The monoisotopic (exact) mass is 260 g/mol. The molecular weight excluding hydrogens is 236 g/mol. The summed E-state index contributed by atoms with van der Waals surface area (Å²) >= 11 is 0. The number of nitrogens with two attached hydrogens (primary N) is 1. The fourth-order valence-corrected chi connectivity index (χ4v) is 2.69. The summed E-state index contributed by atoms with van der Waals surface area (Å²) in [4.78, 5) is 12.2. The zero-order chi connectivity index (χ0) is 13.7. The van der Waals surface area contributed by atoms with Gasteiger partial charge in [-0.1, -0.05) is 19.1 Å². The fraction of sp³-hybridized carbons (Fsp3) is 0.562. The minimum absolute atomic E-state index is 0.179. The number of hydrogen-bond donors (Lipinski definition) is 2. The van der Waals surface area contributed by atoms with Gasteiger partial charge in [-0.3, -0.25) is 4.79 Å². The third kappa shape index (κ3) is 4.06. The van der Waals surface area contributed by atoms with Crippen molar-refractivity contribution in [2.45, 2.75) is 39.0 Å². The minimum atomic E-state index is 0.179. The molecule has 0 aliphatic heterocycles. The molecule has 1 aromatic rings. The van der Waals surface area contributed by atoms with Crippen LogP contribution in [0.3, 0.4) is 0 Å². The lowest BCUT2D eigenvalue weighted by Gasteiger charge is -2.25. The highest BCUT2D eigenvalue weighted by atomic mass is 16.1. The van der Waals surface area contributed by atoms with Gasteiger partial charge < -0.3 is 11.1 Å². The molecule has 0 radical (unpaired) electrons. The van der Waals surface area contributed by atoms with Crippen LogP contribution in [0.5, 0.6) is 0 Å². The van der Waals surface area contributed by atoms with E-state index >= 15 is 0 Å². The highest BCUT2D eigenvalue weighted by Crippen LogP contribution is 2.29. The highest BCUT2D eigenvalue weighted by Gasteiger charge is 2.24. The van der Waals surface area contributed by atoms with Crippen molar-refractivity contribution in [2.75, 3.05) is 11.9 Å². The van der Waals surface area contributed by atoms with Gasteiger partial charge >= 0.3 is 0 Å².